The van der Waals surface area contributed by atoms with Gasteiger partial charge in [0.05, 0.1) is 16.6 Å². The number of nitrogen functional groups attached to an aromatic ring is 1. The summed E-state index contributed by atoms with van der Waals surface area (Å²) in [4.78, 5) is 21.6. The fourth-order valence-electron chi connectivity index (χ4n) is 3.30. The van der Waals surface area contributed by atoms with Crippen LogP contribution >= 0.6 is 0 Å². The summed E-state index contributed by atoms with van der Waals surface area (Å²) in [6, 6.07) is 10.9. The number of imidazole rings is 1. The first-order valence-electron chi connectivity index (χ1n) is 8.67. The number of oxazole rings is 1. The number of benzene rings is 2. The van der Waals surface area contributed by atoms with Gasteiger partial charge in [-0.15, -0.1) is 0 Å². The summed E-state index contributed by atoms with van der Waals surface area (Å²) < 4.78 is 7.37. The molecule has 2 aromatic carbocycles. The third-order valence-electron chi connectivity index (χ3n) is 4.49. The van der Waals surface area contributed by atoms with Crippen molar-refractivity contribution in [3.63, 3.8) is 0 Å². The Bertz CT molecular complexity index is 1180. The van der Waals surface area contributed by atoms with E-state index in [9.17, 15) is 4.79 Å². The second kappa shape index (κ2) is 5.84. The first-order valence-corrected chi connectivity index (χ1v) is 8.67. The minimum absolute atomic E-state index is 0.0369. The fraction of sp³-hybridized carbons (Fsp3) is 0.250. The quantitative estimate of drug-likeness (QED) is 0.564. The van der Waals surface area contributed by atoms with Crippen LogP contribution in [0.1, 0.15) is 37.0 Å². The highest BCUT2D eigenvalue weighted by Gasteiger charge is 2.21. The van der Waals surface area contributed by atoms with E-state index in [0.29, 0.717) is 22.4 Å². The number of carbonyl (C=O) groups excluding carboxylic acids is 1. The van der Waals surface area contributed by atoms with E-state index < -0.39 is 0 Å². The molecule has 0 spiro atoms. The number of nitrogens with one attached hydrogen (secondary N) is 1. The largest absolute Gasteiger partial charge is 0.424 e. The Hall–Kier alpha value is -3.35. The standard InChI is InChI=1S/C20H21N5O2/c1-20(2,3)18-23-13-10-11(8-9-14(13)25(18)4)22-17(26)12-6-5-7-15-16(12)24-19(21)27-15/h5-10H,1-4H3,(H2,21,24)(H,22,26). The van der Waals surface area contributed by atoms with Crippen molar-refractivity contribution in [2.45, 2.75) is 26.2 Å². The van der Waals surface area contributed by atoms with Crippen molar-refractivity contribution in [3.8, 4) is 0 Å². The zero-order chi connectivity index (χ0) is 19.3. The summed E-state index contributed by atoms with van der Waals surface area (Å²) in [7, 11) is 2.00. The summed E-state index contributed by atoms with van der Waals surface area (Å²) in [6.07, 6.45) is 0. The fourth-order valence-corrected chi connectivity index (χ4v) is 3.30. The van der Waals surface area contributed by atoms with Gasteiger partial charge in [0.1, 0.15) is 11.3 Å². The number of anilines is 2. The number of carbonyl (C=O) groups is 1. The van der Waals surface area contributed by atoms with Gasteiger partial charge in [0.25, 0.3) is 11.9 Å². The lowest BCUT2D eigenvalue weighted by atomic mass is 9.96. The number of para-hydroxylation sites is 1. The Morgan fingerprint density at radius 3 is 2.70 bits per heavy atom. The van der Waals surface area contributed by atoms with Crippen LogP contribution in [0, 0.1) is 0 Å². The van der Waals surface area contributed by atoms with Gasteiger partial charge in [-0.25, -0.2) is 4.98 Å². The molecule has 0 atom stereocenters. The first-order chi connectivity index (χ1) is 12.7. The summed E-state index contributed by atoms with van der Waals surface area (Å²) in [5.74, 6) is 0.712. The number of aromatic nitrogens is 3. The minimum Gasteiger partial charge on any atom is -0.424 e. The van der Waals surface area contributed by atoms with Crippen LogP contribution in [0.4, 0.5) is 11.7 Å². The molecule has 27 heavy (non-hydrogen) atoms. The molecule has 4 aromatic rings. The van der Waals surface area contributed by atoms with Gasteiger partial charge in [-0.2, -0.15) is 4.98 Å². The van der Waals surface area contributed by atoms with Gasteiger partial charge < -0.3 is 20.0 Å². The second-order valence-electron chi connectivity index (χ2n) is 7.61. The van der Waals surface area contributed by atoms with Crippen molar-refractivity contribution < 1.29 is 9.21 Å². The highest BCUT2D eigenvalue weighted by atomic mass is 16.4. The number of fused-ring (bicyclic) bond motifs is 2. The number of nitrogens with two attached hydrogens (primary N) is 1. The molecule has 0 unspecified atom stereocenters. The lowest BCUT2D eigenvalue weighted by molar-refractivity contribution is 0.102. The zero-order valence-corrected chi connectivity index (χ0v) is 15.7. The van der Waals surface area contributed by atoms with Gasteiger partial charge in [-0.3, -0.25) is 4.79 Å². The monoisotopic (exact) mass is 363 g/mol. The SMILES string of the molecule is Cn1c(C(C)(C)C)nc2cc(NC(=O)c3cccc4oc(N)nc34)ccc21. The summed E-state index contributed by atoms with van der Waals surface area (Å²) >= 11 is 0. The maximum Gasteiger partial charge on any atom is 0.293 e. The van der Waals surface area contributed by atoms with Crippen LogP contribution in [-0.2, 0) is 12.5 Å². The predicted octanol–water partition coefficient (Wildman–Crippen LogP) is 3.85. The summed E-state index contributed by atoms with van der Waals surface area (Å²) in [6.45, 7) is 6.38. The second-order valence-corrected chi connectivity index (χ2v) is 7.61. The Morgan fingerprint density at radius 2 is 1.96 bits per heavy atom. The highest BCUT2D eigenvalue weighted by Crippen LogP contribution is 2.27. The van der Waals surface area contributed by atoms with Crippen molar-refractivity contribution in [1.29, 1.82) is 0 Å². The van der Waals surface area contributed by atoms with Crippen LogP contribution < -0.4 is 11.1 Å². The molecule has 4 rings (SSSR count). The highest BCUT2D eigenvalue weighted by molar-refractivity contribution is 6.11. The van der Waals surface area contributed by atoms with Gasteiger partial charge in [0.2, 0.25) is 0 Å². The first kappa shape index (κ1) is 17.1. The molecular formula is C20H21N5O2. The number of aryl methyl sites for hydroxylation is 1. The molecule has 7 heteroatoms. The van der Waals surface area contributed by atoms with Crippen LogP contribution in [0.2, 0.25) is 0 Å². The Morgan fingerprint density at radius 1 is 1.19 bits per heavy atom. The average molecular weight is 363 g/mol. The van der Waals surface area contributed by atoms with Crippen molar-refractivity contribution in [2.75, 3.05) is 11.1 Å². The summed E-state index contributed by atoms with van der Waals surface area (Å²) in [5.41, 5.74) is 9.39. The molecule has 2 heterocycles. The van der Waals surface area contributed by atoms with Crippen LogP contribution in [0.3, 0.4) is 0 Å². The number of rotatable bonds is 2. The lowest BCUT2D eigenvalue weighted by Crippen LogP contribution is -2.17. The number of nitrogens with zero attached hydrogens (tertiary/aromatic N) is 3. The third kappa shape index (κ3) is 2.91. The molecule has 0 radical (unpaired) electrons. The number of hydrogen-bond donors (Lipinski definition) is 2. The Labute approximate surface area is 156 Å². The molecule has 0 fully saturated rings. The molecule has 2 aromatic heterocycles. The van der Waals surface area contributed by atoms with E-state index in [1.54, 1.807) is 18.2 Å². The third-order valence-corrected chi connectivity index (χ3v) is 4.49. The predicted molar refractivity (Wildman–Crippen MR) is 106 cm³/mol. The van der Waals surface area contributed by atoms with E-state index in [1.165, 1.54) is 0 Å². The molecule has 0 saturated carbocycles. The molecule has 0 saturated heterocycles. The van der Waals surface area contributed by atoms with Crippen LogP contribution in [-0.4, -0.2) is 20.4 Å². The topological polar surface area (TPSA) is 99.0 Å². The van der Waals surface area contributed by atoms with Crippen LogP contribution in [0.25, 0.3) is 22.1 Å². The van der Waals surface area contributed by atoms with E-state index >= 15 is 0 Å². The van der Waals surface area contributed by atoms with Crippen molar-refractivity contribution >= 4 is 39.7 Å². The summed E-state index contributed by atoms with van der Waals surface area (Å²) in [5, 5.41) is 2.91. The van der Waals surface area contributed by atoms with Crippen molar-refractivity contribution in [3.05, 3.63) is 47.8 Å². The lowest BCUT2D eigenvalue weighted by Gasteiger charge is -2.17. The molecule has 0 aliphatic heterocycles. The van der Waals surface area contributed by atoms with E-state index in [1.807, 2.05) is 25.2 Å². The molecule has 0 bridgehead atoms. The minimum atomic E-state index is -0.278. The molecule has 0 aliphatic rings. The van der Waals surface area contributed by atoms with Gasteiger partial charge in [0.15, 0.2) is 5.58 Å². The van der Waals surface area contributed by atoms with Gasteiger partial charge in [-0.1, -0.05) is 26.8 Å². The van der Waals surface area contributed by atoms with E-state index in [2.05, 4.69) is 35.6 Å². The van der Waals surface area contributed by atoms with Gasteiger partial charge in [-0.05, 0) is 30.3 Å². The Balaban J connectivity index is 1.69. The number of amides is 1. The van der Waals surface area contributed by atoms with Crippen molar-refractivity contribution in [1.82, 2.24) is 14.5 Å². The normalized spacial score (nSPS) is 12.0. The van der Waals surface area contributed by atoms with Crippen LogP contribution in [0.5, 0.6) is 0 Å². The van der Waals surface area contributed by atoms with E-state index in [4.69, 9.17) is 15.1 Å². The van der Waals surface area contributed by atoms with E-state index in [0.717, 1.165) is 16.9 Å². The molecule has 1 amide bonds. The van der Waals surface area contributed by atoms with E-state index in [-0.39, 0.29) is 17.3 Å². The van der Waals surface area contributed by atoms with Crippen LogP contribution in [0.15, 0.2) is 40.8 Å². The van der Waals surface area contributed by atoms with Gasteiger partial charge >= 0.3 is 0 Å². The smallest absolute Gasteiger partial charge is 0.293 e. The maximum absolute atomic E-state index is 12.7. The molecular weight excluding hydrogens is 342 g/mol. The molecule has 7 nitrogen and oxygen atoms in total. The number of hydrogen-bond acceptors (Lipinski definition) is 5. The molecule has 0 aliphatic carbocycles. The Kier molecular flexibility index (Phi) is 3.69. The average Bonchev–Trinajstić information content (AvgIpc) is 3.13. The molecule has 3 N–H and O–H groups in total. The van der Waals surface area contributed by atoms with Gasteiger partial charge in [0, 0.05) is 18.2 Å². The van der Waals surface area contributed by atoms with Crippen molar-refractivity contribution in [2.24, 2.45) is 7.05 Å². The zero-order valence-electron chi connectivity index (χ0n) is 15.7. The molecule has 138 valence electrons. The maximum atomic E-state index is 12.7.